The Morgan fingerprint density at radius 1 is 1.04 bits per heavy atom. The third-order valence-corrected chi connectivity index (χ3v) is 5.37. The van der Waals surface area contributed by atoms with Crippen molar-refractivity contribution in [1.29, 1.82) is 5.26 Å². The van der Waals surface area contributed by atoms with Crippen molar-refractivity contribution < 1.29 is 0 Å². The van der Waals surface area contributed by atoms with Gasteiger partial charge >= 0.3 is 0 Å². The highest BCUT2D eigenvalue weighted by Crippen LogP contribution is 2.40. The minimum absolute atomic E-state index is 0.117. The molecule has 0 atom stereocenters. The lowest BCUT2D eigenvalue weighted by Gasteiger charge is -2.42. The summed E-state index contributed by atoms with van der Waals surface area (Å²) in [6.07, 6.45) is 3.28. The fourth-order valence-electron chi connectivity index (χ4n) is 3.89. The summed E-state index contributed by atoms with van der Waals surface area (Å²) in [5.74, 6) is 1.12. The number of para-hydroxylation sites is 1. The van der Waals surface area contributed by atoms with Gasteiger partial charge in [0.15, 0.2) is 0 Å². The van der Waals surface area contributed by atoms with E-state index in [0.717, 1.165) is 43.8 Å². The number of rotatable bonds is 2. The standard InChI is InChI=1S/C21H22N4/c22-14-16-5-7-17(8-6-16)15-24-20-21(9-11-23-12-10-21)13-18-3-1-2-4-19(18)25-20/h1-8,23H,9-13,15H2,(H,24,25). The summed E-state index contributed by atoms with van der Waals surface area (Å²) in [5.41, 5.74) is 4.52. The maximum Gasteiger partial charge on any atom is 0.108 e. The molecule has 2 N–H and O–H groups in total. The van der Waals surface area contributed by atoms with Crippen molar-refractivity contribution in [3.05, 3.63) is 65.2 Å². The summed E-state index contributed by atoms with van der Waals surface area (Å²) in [7, 11) is 0. The number of nitrogens with zero attached hydrogens (tertiary/aromatic N) is 2. The quantitative estimate of drug-likeness (QED) is 0.886. The van der Waals surface area contributed by atoms with E-state index in [2.05, 4.69) is 41.0 Å². The van der Waals surface area contributed by atoms with Gasteiger partial charge in [-0.1, -0.05) is 30.3 Å². The van der Waals surface area contributed by atoms with Crippen LogP contribution >= 0.6 is 0 Å². The Morgan fingerprint density at radius 3 is 2.56 bits per heavy atom. The first-order chi connectivity index (χ1) is 12.3. The molecule has 25 heavy (non-hydrogen) atoms. The van der Waals surface area contributed by atoms with Gasteiger partial charge in [0.1, 0.15) is 5.84 Å². The Hall–Kier alpha value is -2.64. The molecule has 0 bridgehead atoms. The van der Waals surface area contributed by atoms with E-state index in [0.29, 0.717) is 12.1 Å². The second-order valence-electron chi connectivity index (χ2n) is 6.96. The average Bonchev–Trinajstić information content (AvgIpc) is 2.67. The summed E-state index contributed by atoms with van der Waals surface area (Å²) in [4.78, 5) is 4.98. The van der Waals surface area contributed by atoms with Crippen molar-refractivity contribution >= 4 is 11.5 Å². The molecule has 4 heteroatoms. The Bertz CT molecular complexity index is 824. The van der Waals surface area contributed by atoms with E-state index in [4.69, 9.17) is 10.3 Å². The molecular weight excluding hydrogens is 308 g/mol. The number of hydrogen-bond acceptors (Lipinski definition) is 3. The van der Waals surface area contributed by atoms with E-state index in [9.17, 15) is 0 Å². The number of anilines is 1. The Morgan fingerprint density at radius 2 is 1.80 bits per heavy atom. The molecule has 2 heterocycles. The van der Waals surface area contributed by atoms with Gasteiger partial charge in [0, 0.05) is 11.1 Å². The van der Waals surface area contributed by atoms with Gasteiger partial charge in [0.05, 0.1) is 18.2 Å². The molecule has 1 saturated heterocycles. The molecule has 1 fully saturated rings. The van der Waals surface area contributed by atoms with E-state index in [1.807, 2.05) is 24.3 Å². The van der Waals surface area contributed by atoms with Crippen LogP contribution in [0.2, 0.25) is 0 Å². The van der Waals surface area contributed by atoms with Crippen LogP contribution in [0.3, 0.4) is 0 Å². The second kappa shape index (κ2) is 6.70. The van der Waals surface area contributed by atoms with E-state index < -0.39 is 0 Å². The lowest BCUT2D eigenvalue weighted by atomic mass is 9.71. The minimum atomic E-state index is 0.117. The van der Waals surface area contributed by atoms with Crippen molar-refractivity contribution in [3.8, 4) is 6.07 Å². The maximum absolute atomic E-state index is 8.93. The van der Waals surface area contributed by atoms with Crippen molar-refractivity contribution in [1.82, 2.24) is 5.32 Å². The third-order valence-electron chi connectivity index (χ3n) is 5.37. The van der Waals surface area contributed by atoms with E-state index in [1.54, 1.807) is 0 Å². The van der Waals surface area contributed by atoms with Crippen LogP contribution in [-0.4, -0.2) is 18.9 Å². The molecule has 0 aromatic heterocycles. The summed E-state index contributed by atoms with van der Waals surface area (Å²) in [6.45, 7) is 2.73. The van der Waals surface area contributed by atoms with Crippen LogP contribution in [-0.2, 0) is 13.0 Å². The summed E-state index contributed by atoms with van der Waals surface area (Å²) >= 11 is 0. The molecule has 4 rings (SSSR count). The van der Waals surface area contributed by atoms with Gasteiger partial charge in [-0.25, -0.2) is 0 Å². The summed E-state index contributed by atoms with van der Waals surface area (Å²) < 4.78 is 0. The molecule has 0 saturated carbocycles. The zero-order chi connectivity index (χ0) is 17.1. The highest BCUT2D eigenvalue weighted by molar-refractivity contribution is 6.02. The number of nitrogens with one attached hydrogen (secondary N) is 2. The second-order valence-corrected chi connectivity index (χ2v) is 6.96. The van der Waals surface area contributed by atoms with Gasteiger partial charge in [-0.3, -0.25) is 4.99 Å². The number of hydrogen-bond donors (Lipinski definition) is 2. The van der Waals surface area contributed by atoms with Crippen molar-refractivity contribution in [2.24, 2.45) is 10.4 Å². The average molecular weight is 330 g/mol. The molecule has 2 aliphatic rings. The van der Waals surface area contributed by atoms with Crippen LogP contribution in [0.25, 0.3) is 0 Å². The zero-order valence-electron chi connectivity index (χ0n) is 14.3. The van der Waals surface area contributed by atoms with Crippen LogP contribution < -0.4 is 10.6 Å². The first-order valence-electron chi connectivity index (χ1n) is 8.89. The first kappa shape index (κ1) is 15.9. The topological polar surface area (TPSA) is 60.2 Å². The van der Waals surface area contributed by atoms with Gasteiger partial charge in [-0.15, -0.1) is 0 Å². The smallest absolute Gasteiger partial charge is 0.108 e. The Labute approximate surface area is 148 Å². The van der Waals surface area contributed by atoms with Gasteiger partial charge in [0.2, 0.25) is 0 Å². The maximum atomic E-state index is 8.93. The SMILES string of the molecule is N#Cc1ccc(CN=C2Nc3ccccc3CC23CCNCC3)cc1. The molecule has 1 spiro atoms. The summed E-state index contributed by atoms with van der Waals surface area (Å²) in [5, 5.41) is 16.0. The van der Waals surface area contributed by atoms with Gasteiger partial charge in [-0.2, -0.15) is 5.26 Å². The zero-order valence-corrected chi connectivity index (χ0v) is 14.3. The highest BCUT2D eigenvalue weighted by atomic mass is 15.0. The molecule has 2 aromatic rings. The van der Waals surface area contributed by atoms with Crippen LogP contribution in [0.1, 0.15) is 29.5 Å². The van der Waals surface area contributed by atoms with E-state index in [-0.39, 0.29) is 5.41 Å². The van der Waals surface area contributed by atoms with Crippen molar-refractivity contribution in [2.75, 3.05) is 18.4 Å². The van der Waals surface area contributed by atoms with E-state index >= 15 is 0 Å². The molecule has 2 aliphatic heterocycles. The first-order valence-corrected chi connectivity index (χ1v) is 8.89. The molecule has 2 aromatic carbocycles. The van der Waals surface area contributed by atoms with Crippen LogP contribution in [0.15, 0.2) is 53.5 Å². The fraction of sp³-hybridized carbons (Fsp3) is 0.333. The Kier molecular flexibility index (Phi) is 4.25. The Balaban J connectivity index is 1.63. The summed E-state index contributed by atoms with van der Waals surface area (Å²) in [6, 6.07) is 18.4. The number of fused-ring (bicyclic) bond motifs is 1. The number of aliphatic imine (C=N–C) groups is 1. The molecule has 0 radical (unpaired) electrons. The molecule has 0 amide bonds. The number of benzene rings is 2. The lowest BCUT2D eigenvalue weighted by molar-refractivity contribution is 0.293. The third kappa shape index (κ3) is 3.16. The fourth-order valence-corrected chi connectivity index (χ4v) is 3.89. The number of amidine groups is 1. The largest absolute Gasteiger partial charge is 0.343 e. The van der Waals surface area contributed by atoms with Crippen LogP contribution in [0.4, 0.5) is 5.69 Å². The molecular formula is C21H22N4. The molecule has 0 aliphatic carbocycles. The van der Waals surface area contributed by atoms with Crippen LogP contribution in [0, 0.1) is 16.7 Å². The van der Waals surface area contributed by atoms with Gasteiger partial charge < -0.3 is 10.6 Å². The van der Waals surface area contributed by atoms with E-state index in [1.165, 1.54) is 11.3 Å². The minimum Gasteiger partial charge on any atom is -0.343 e. The predicted molar refractivity (Wildman–Crippen MR) is 101 cm³/mol. The number of piperidine rings is 1. The normalized spacial score (nSPS) is 19.9. The predicted octanol–water partition coefficient (Wildman–Crippen LogP) is 3.49. The van der Waals surface area contributed by atoms with Crippen molar-refractivity contribution in [2.45, 2.75) is 25.8 Å². The van der Waals surface area contributed by atoms with Gasteiger partial charge in [0.25, 0.3) is 0 Å². The van der Waals surface area contributed by atoms with Crippen molar-refractivity contribution in [3.63, 3.8) is 0 Å². The lowest BCUT2D eigenvalue weighted by Crippen LogP contribution is -2.48. The highest BCUT2D eigenvalue weighted by Gasteiger charge is 2.40. The monoisotopic (exact) mass is 330 g/mol. The molecule has 126 valence electrons. The molecule has 4 nitrogen and oxygen atoms in total. The molecule has 0 unspecified atom stereocenters. The number of nitriles is 1. The van der Waals surface area contributed by atoms with Gasteiger partial charge in [-0.05, 0) is 61.7 Å². The van der Waals surface area contributed by atoms with Crippen LogP contribution in [0.5, 0.6) is 0 Å².